The van der Waals surface area contributed by atoms with Gasteiger partial charge in [-0.05, 0) is 77.3 Å². The highest BCUT2D eigenvalue weighted by Gasteiger charge is 2.19. The Morgan fingerprint density at radius 3 is 1.52 bits per heavy atom. The summed E-state index contributed by atoms with van der Waals surface area (Å²) in [6.07, 6.45) is 47.9. The first kappa shape index (κ1) is 62.4. The number of carbonyl (C=O) groups is 3. The first-order valence-corrected chi connectivity index (χ1v) is 28.9. The zero-order valence-electron chi connectivity index (χ0n) is 44.5. The number of nitrogens with one attached hydrogen (secondary N) is 2. The quantitative estimate of drug-likeness (QED) is 0.0376. The van der Waals surface area contributed by atoms with Crippen LogP contribution in [-0.4, -0.2) is 78.4 Å². The molecule has 67 heavy (non-hydrogen) atoms. The number of carbonyl (C=O) groups excluding carboxylic acids is 3. The van der Waals surface area contributed by atoms with Crippen LogP contribution in [-0.2, 0) is 30.2 Å². The number of aromatic nitrogens is 2. The Hall–Kier alpha value is -2.62. The number of rotatable bonds is 51. The summed E-state index contributed by atoms with van der Waals surface area (Å²) in [5.74, 6) is 0.116. The van der Waals surface area contributed by atoms with E-state index in [-0.39, 0.29) is 30.1 Å². The van der Waals surface area contributed by atoms with Crippen molar-refractivity contribution in [3.63, 3.8) is 0 Å². The maximum atomic E-state index is 13.0. The number of hydrogen-bond acceptors (Lipinski definition) is 8. The zero-order chi connectivity index (χ0) is 48.5. The lowest BCUT2D eigenvalue weighted by atomic mass is 9.94. The number of aromatic amines is 1. The third kappa shape index (κ3) is 40.9. The largest absolute Gasteiger partial charge is 0.465 e. The Bertz CT molecular complexity index is 1200. The predicted molar refractivity (Wildman–Crippen MR) is 281 cm³/mol. The van der Waals surface area contributed by atoms with Crippen LogP contribution in [0.5, 0.6) is 0 Å². The second-order valence-electron chi connectivity index (χ2n) is 19.9. The third-order valence-corrected chi connectivity index (χ3v) is 13.5. The lowest BCUT2D eigenvalue weighted by molar-refractivity contribution is -0.150. The maximum absolute atomic E-state index is 13.0. The van der Waals surface area contributed by atoms with Gasteiger partial charge in [-0.15, -0.1) is 0 Å². The lowest BCUT2D eigenvalue weighted by Crippen LogP contribution is -2.33. The number of H-pyrrole nitrogens is 1. The molecule has 1 heterocycles. The average Bonchev–Trinajstić information content (AvgIpc) is 3.85. The number of esters is 2. The number of ether oxygens (including phenoxy) is 3. The molecule has 1 atom stereocenters. The molecular weight excluding hydrogens is 837 g/mol. The molecule has 0 aliphatic heterocycles. The van der Waals surface area contributed by atoms with E-state index in [9.17, 15) is 14.4 Å². The molecule has 0 radical (unpaired) electrons. The number of hydrogen-bond donors (Lipinski definition) is 2. The van der Waals surface area contributed by atoms with Gasteiger partial charge in [-0.1, -0.05) is 201 Å². The van der Waals surface area contributed by atoms with Crippen LogP contribution in [0, 0.1) is 5.92 Å². The molecule has 1 unspecified atom stereocenters. The lowest BCUT2D eigenvalue weighted by Gasteiger charge is -2.22. The summed E-state index contributed by atoms with van der Waals surface area (Å²) >= 11 is 0. The Morgan fingerprint density at radius 1 is 0.537 bits per heavy atom. The van der Waals surface area contributed by atoms with Gasteiger partial charge in [0.05, 0.1) is 18.9 Å². The Morgan fingerprint density at radius 2 is 1.00 bits per heavy atom. The predicted octanol–water partition coefficient (Wildman–Crippen LogP) is 16.0. The van der Waals surface area contributed by atoms with Crippen LogP contribution in [0.2, 0.25) is 0 Å². The van der Waals surface area contributed by atoms with E-state index in [1.807, 2.05) is 0 Å². The number of alkyl carbamates (subject to hydrolysis) is 1. The van der Waals surface area contributed by atoms with Crippen LogP contribution >= 0.6 is 0 Å². The van der Waals surface area contributed by atoms with Crippen molar-refractivity contribution in [2.45, 2.75) is 284 Å². The van der Waals surface area contributed by atoms with Crippen molar-refractivity contribution in [2.75, 3.05) is 39.4 Å². The van der Waals surface area contributed by atoms with Gasteiger partial charge >= 0.3 is 18.0 Å². The van der Waals surface area contributed by atoms with E-state index in [2.05, 4.69) is 47.9 Å². The van der Waals surface area contributed by atoms with E-state index in [1.165, 1.54) is 135 Å². The summed E-state index contributed by atoms with van der Waals surface area (Å²) < 4.78 is 17.5. The van der Waals surface area contributed by atoms with Gasteiger partial charge < -0.3 is 24.5 Å². The van der Waals surface area contributed by atoms with E-state index < -0.39 is 0 Å². The Labute approximate surface area is 413 Å². The number of amides is 1. The molecule has 0 fully saturated rings. The number of unbranched alkanes of at least 4 members (excludes halogenated alkanes) is 27. The van der Waals surface area contributed by atoms with E-state index in [0.717, 1.165) is 128 Å². The Kier molecular flexibility index (Phi) is 45.1. The molecular formula is C57H108N4O6. The van der Waals surface area contributed by atoms with Gasteiger partial charge in [0, 0.05) is 37.8 Å². The van der Waals surface area contributed by atoms with Gasteiger partial charge in [0.2, 0.25) is 0 Å². The standard InChI is InChI=1S/C57H108N4O6/c1-5-9-13-17-23-31-39-52(38-30-16-12-8-4)56(63)65-48-37-29-21-20-27-35-45-61(47-49-66-57(64)59-44-43-53-50-58-51-60-53)46-36-28-22-26-34-42-55(62)67-54(40-32-24-18-14-10-6-2)41-33-25-19-15-11-7-3/h50-52,54H,5-49H2,1-4H3,(H,58,60)(H,59,64). The molecule has 0 spiro atoms. The minimum atomic E-state index is -0.375. The van der Waals surface area contributed by atoms with Crippen molar-refractivity contribution in [1.29, 1.82) is 0 Å². The summed E-state index contributed by atoms with van der Waals surface area (Å²) in [5, 5.41) is 2.85. The molecule has 392 valence electrons. The van der Waals surface area contributed by atoms with E-state index in [0.29, 0.717) is 32.6 Å². The van der Waals surface area contributed by atoms with Gasteiger partial charge in [-0.3, -0.25) is 14.5 Å². The van der Waals surface area contributed by atoms with Crippen molar-refractivity contribution >= 4 is 18.0 Å². The second kappa shape index (κ2) is 48.4. The molecule has 1 amide bonds. The topological polar surface area (TPSA) is 123 Å². The fourth-order valence-electron chi connectivity index (χ4n) is 9.13. The van der Waals surface area contributed by atoms with Crippen LogP contribution in [0.4, 0.5) is 4.79 Å². The minimum Gasteiger partial charge on any atom is -0.465 e. The van der Waals surface area contributed by atoms with E-state index in [4.69, 9.17) is 14.2 Å². The normalized spacial score (nSPS) is 12.0. The summed E-state index contributed by atoms with van der Waals surface area (Å²) in [5.41, 5.74) is 0.983. The van der Waals surface area contributed by atoms with Crippen molar-refractivity contribution in [3.05, 3.63) is 18.2 Å². The molecule has 1 aromatic heterocycles. The van der Waals surface area contributed by atoms with Gasteiger partial charge in [-0.2, -0.15) is 0 Å². The molecule has 2 N–H and O–H groups in total. The van der Waals surface area contributed by atoms with Gasteiger partial charge in [0.1, 0.15) is 12.7 Å². The number of imidazole rings is 1. The monoisotopic (exact) mass is 945 g/mol. The van der Waals surface area contributed by atoms with Crippen LogP contribution < -0.4 is 5.32 Å². The molecule has 10 nitrogen and oxygen atoms in total. The summed E-state index contributed by atoms with van der Waals surface area (Å²) in [4.78, 5) is 47.9. The van der Waals surface area contributed by atoms with Crippen molar-refractivity contribution in [1.82, 2.24) is 20.2 Å². The fourth-order valence-corrected chi connectivity index (χ4v) is 9.13. The first-order valence-electron chi connectivity index (χ1n) is 28.9. The minimum absolute atomic E-state index is 0.00218. The third-order valence-electron chi connectivity index (χ3n) is 13.5. The van der Waals surface area contributed by atoms with Crippen LogP contribution in [0.15, 0.2) is 12.5 Å². The highest BCUT2D eigenvalue weighted by molar-refractivity contribution is 5.72. The van der Waals surface area contributed by atoms with Crippen molar-refractivity contribution < 1.29 is 28.6 Å². The SMILES string of the molecule is CCCCCCCCC(CCCCCCCC)OC(=O)CCCCCCCN(CCCCCCCCOC(=O)C(CCCCCC)CCCCCCCC)CCOC(=O)NCCc1cnc[nH]1. The molecule has 1 rings (SSSR count). The average molecular weight is 946 g/mol. The van der Waals surface area contributed by atoms with Crippen molar-refractivity contribution in [3.8, 4) is 0 Å². The van der Waals surface area contributed by atoms with Gasteiger partial charge in [0.15, 0.2) is 0 Å². The Balaban J connectivity index is 2.43. The van der Waals surface area contributed by atoms with Crippen LogP contribution in [0.25, 0.3) is 0 Å². The van der Waals surface area contributed by atoms with Gasteiger partial charge in [0.25, 0.3) is 0 Å². The molecule has 0 saturated carbocycles. The molecule has 10 heteroatoms. The summed E-state index contributed by atoms with van der Waals surface area (Å²) in [6.45, 7) is 13.1. The fraction of sp³-hybridized carbons (Fsp3) is 0.895. The first-order chi connectivity index (χ1) is 32.9. The smallest absolute Gasteiger partial charge is 0.407 e. The van der Waals surface area contributed by atoms with Crippen molar-refractivity contribution in [2.24, 2.45) is 5.92 Å². The second-order valence-corrected chi connectivity index (χ2v) is 19.9. The molecule has 0 aliphatic rings. The van der Waals surface area contributed by atoms with Gasteiger partial charge in [-0.25, -0.2) is 9.78 Å². The molecule has 0 aliphatic carbocycles. The maximum Gasteiger partial charge on any atom is 0.407 e. The summed E-state index contributed by atoms with van der Waals surface area (Å²) in [6, 6.07) is 0. The van der Waals surface area contributed by atoms with Crippen LogP contribution in [0.3, 0.4) is 0 Å². The molecule has 0 bridgehead atoms. The zero-order valence-corrected chi connectivity index (χ0v) is 44.5. The van der Waals surface area contributed by atoms with E-state index in [1.54, 1.807) is 12.5 Å². The number of nitrogens with zero attached hydrogens (tertiary/aromatic N) is 2. The molecule has 0 saturated heterocycles. The summed E-state index contributed by atoms with van der Waals surface area (Å²) in [7, 11) is 0. The highest BCUT2D eigenvalue weighted by atomic mass is 16.6. The molecule has 1 aromatic rings. The highest BCUT2D eigenvalue weighted by Crippen LogP contribution is 2.22. The van der Waals surface area contributed by atoms with E-state index >= 15 is 0 Å². The van der Waals surface area contributed by atoms with Crippen LogP contribution in [0.1, 0.15) is 277 Å². The molecule has 0 aromatic carbocycles.